The van der Waals surface area contributed by atoms with Crippen molar-refractivity contribution in [2.24, 2.45) is 0 Å². The Kier molecular flexibility index (Phi) is 5.68. The Morgan fingerprint density at radius 3 is 1.29 bits per heavy atom. The van der Waals surface area contributed by atoms with Gasteiger partial charge in [0.05, 0.1) is 19.1 Å². The summed E-state index contributed by atoms with van der Waals surface area (Å²) in [7, 11) is -0.0736. The van der Waals surface area contributed by atoms with Crippen LogP contribution in [-0.2, 0) is 14.7 Å². The summed E-state index contributed by atoms with van der Waals surface area (Å²) < 4.78 is 34.1. The molecule has 6 heteroatoms. The Balaban J connectivity index is 2.17. The van der Waals surface area contributed by atoms with Gasteiger partial charge in [0.2, 0.25) is 0 Å². The standard InChI is InChI=1S/C22H21ClO4S/c1-26-19-10-4-16(5-11-19)22(23,17-6-12-20(27-2)13-7-17)18-8-14-21(15-9-18)28(3,24)25/h4-15H,1-3H3. The number of sulfone groups is 1. The number of benzene rings is 3. The molecule has 0 aliphatic heterocycles. The number of rotatable bonds is 6. The predicted molar refractivity (Wildman–Crippen MR) is 111 cm³/mol. The Bertz CT molecular complexity index is 994. The predicted octanol–water partition coefficient (Wildman–Crippen LogP) is 4.64. The Morgan fingerprint density at radius 1 is 0.679 bits per heavy atom. The second-order valence-electron chi connectivity index (χ2n) is 6.41. The second-order valence-corrected chi connectivity index (χ2v) is 8.99. The highest BCUT2D eigenvalue weighted by molar-refractivity contribution is 7.90. The van der Waals surface area contributed by atoms with Crippen LogP contribution in [0.15, 0.2) is 77.7 Å². The van der Waals surface area contributed by atoms with Crippen molar-refractivity contribution in [1.29, 1.82) is 0 Å². The summed E-state index contributed by atoms with van der Waals surface area (Å²) in [6.45, 7) is 0. The molecule has 3 aromatic rings. The van der Waals surface area contributed by atoms with E-state index in [1.54, 1.807) is 38.5 Å². The fourth-order valence-corrected chi connectivity index (χ4v) is 4.08. The van der Waals surface area contributed by atoms with Crippen molar-refractivity contribution in [3.63, 3.8) is 0 Å². The fraction of sp³-hybridized carbons (Fsp3) is 0.182. The summed E-state index contributed by atoms with van der Waals surface area (Å²) in [6, 6.07) is 21.7. The van der Waals surface area contributed by atoms with Crippen LogP contribution in [0.5, 0.6) is 11.5 Å². The lowest BCUT2D eigenvalue weighted by Crippen LogP contribution is -2.22. The van der Waals surface area contributed by atoms with Gasteiger partial charge in [-0.3, -0.25) is 0 Å². The van der Waals surface area contributed by atoms with Gasteiger partial charge in [0.15, 0.2) is 9.84 Å². The van der Waals surface area contributed by atoms with Crippen LogP contribution in [-0.4, -0.2) is 28.9 Å². The zero-order valence-corrected chi connectivity index (χ0v) is 17.4. The molecule has 0 radical (unpaired) electrons. The van der Waals surface area contributed by atoms with E-state index in [9.17, 15) is 8.42 Å². The smallest absolute Gasteiger partial charge is 0.175 e. The molecule has 3 rings (SSSR count). The quantitative estimate of drug-likeness (QED) is 0.434. The van der Waals surface area contributed by atoms with E-state index in [-0.39, 0.29) is 4.90 Å². The largest absolute Gasteiger partial charge is 0.497 e. The van der Waals surface area contributed by atoms with Gasteiger partial charge in [-0.05, 0) is 53.1 Å². The molecule has 3 aromatic carbocycles. The first-order chi connectivity index (χ1) is 13.3. The van der Waals surface area contributed by atoms with Crippen molar-refractivity contribution >= 4 is 21.4 Å². The molecular formula is C22H21ClO4S. The van der Waals surface area contributed by atoms with Crippen LogP contribution in [0, 0.1) is 0 Å². The van der Waals surface area contributed by atoms with Gasteiger partial charge in [-0.15, -0.1) is 11.6 Å². The lowest BCUT2D eigenvalue weighted by atomic mass is 9.84. The van der Waals surface area contributed by atoms with Gasteiger partial charge in [-0.25, -0.2) is 8.42 Å². The average Bonchev–Trinajstić information content (AvgIpc) is 2.73. The first kappa shape index (κ1) is 20.2. The number of ether oxygens (including phenoxy) is 2. The zero-order chi connectivity index (χ0) is 20.4. The lowest BCUT2D eigenvalue weighted by Gasteiger charge is -2.29. The van der Waals surface area contributed by atoms with Crippen molar-refractivity contribution in [1.82, 2.24) is 0 Å². The van der Waals surface area contributed by atoms with Crippen LogP contribution < -0.4 is 9.47 Å². The molecule has 0 heterocycles. The molecule has 0 saturated heterocycles. The number of hydrogen-bond acceptors (Lipinski definition) is 4. The van der Waals surface area contributed by atoms with Gasteiger partial charge in [0.1, 0.15) is 16.4 Å². The highest BCUT2D eigenvalue weighted by atomic mass is 35.5. The topological polar surface area (TPSA) is 52.6 Å². The number of alkyl halides is 1. The fourth-order valence-electron chi connectivity index (χ4n) is 3.07. The summed E-state index contributed by atoms with van der Waals surface area (Å²) in [5.74, 6) is 1.45. The Morgan fingerprint density at radius 2 is 1.00 bits per heavy atom. The first-order valence-electron chi connectivity index (χ1n) is 8.57. The molecule has 0 unspecified atom stereocenters. The van der Waals surface area contributed by atoms with E-state index in [0.29, 0.717) is 0 Å². The van der Waals surface area contributed by atoms with Crippen LogP contribution in [0.25, 0.3) is 0 Å². The van der Waals surface area contributed by atoms with Crippen LogP contribution in [0.1, 0.15) is 16.7 Å². The molecule has 4 nitrogen and oxygen atoms in total. The molecule has 0 aromatic heterocycles. The molecular weight excluding hydrogens is 396 g/mol. The molecule has 28 heavy (non-hydrogen) atoms. The van der Waals surface area contributed by atoms with Gasteiger partial charge < -0.3 is 9.47 Å². The van der Waals surface area contributed by atoms with Gasteiger partial charge in [0, 0.05) is 6.26 Å². The summed E-state index contributed by atoms with van der Waals surface area (Å²) in [5, 5.41) is 0. The van der Waals surface area contributed by atoms with E-state index < -0.39 is 14.7 Å². The monoisotopic (exact) mass is 416 g/mol. The molecule has 0 aliphatic rings. The van der Waals surface area contributed by atoms with Gasteiger partial charge in [-0.2, -0.15) is 0 Å². The summed E-state index contributed by atoms with van der Waals surface area (Å²) >= 11 is 7.24. The summed E-state index contributed by atoms with van der Waals surface area (Å²) in [6.07, 6.45) is 1.18. The van der Waals surface area contributed by atoms with E-state index in [4.69, 9.17) is 21.1 Å². The van der Waals surface area contributed by atoms with Crippen molar-refractivity contribution in [3.8, 4) is 11.5 Å². The molecule has 0 saturated carbocycles. The molecule has 0 bridgehead atoms. The van der Waals surface area contributed by atoms with Gasteiger partial charge in [0.25, 0.3) is 0 Å². The molecule has 0 atom stereocenters. The molecule has 0 spiro atoms. The third-order valence-electron chi connectivity index (χ3n) is 4.66. The maximum Gasteiger partial charge on any atom is 0.175 e. The third kappa shape index (κ3) is 3.86. The Hall–Kier alpha value is -2.50. The van der Waals surface area contributed by atoms with E-state index >= 15 is 0 Å². The number of halogens is 1. The number of methoxy groups -OCH3 is 2. The SMILES string of the molecule is COc1ccc(C(Cl)(c2ccc(OC)cc2)c2ccc(S(C)(=O)=O)cc2)cc1. The Labute approximate surface area is 170 Å². The van der Waals surface area contributed by atoms with Crippen molar-refractivity contribution < 1.29 is 17.9 Å². The highest BCUT2D eigenvalue weighted by Crippen LogP contribution is 2.44. The van der Waals surface area contributed by atoms with Gasteiger partial charge >= 0.3 is 0 Å². The minimum Gasteiger partial charge on any atom is -0.497 e. The molecule has 0 N–H and O–H groups in total. The molecule has 0 aliphatic carbocycles. The molecule has 146 valence electrons. The highest BCUT2D eigenvalue weighted by Gasteiger charge is 2.34. The lowest BCUT2D eigenvalue weighted by molar-refractivity contribution is 0.414. The van der Waals surface area contributed by atoms with E-state index in [0.717, 1.165) is 28.2 Å². The average molecular weight is 417 g/mol. The van der Waals surface area contributed by atoms with Crippen molar-refractivity contribution in [2.45, 2.75) is 9.77 Å². The summed E-state index contributed by atoms with van der Waals surface area (Å²) in [5.41, 5.74) is 2.44. The van der Waals surface area contributed by atoms with Crippen LogP contribution in [0.2, 0.25) is 0 Å². The molecule has 0 amide bonds. The third-order valence-corrected chi connectivity index (χ3v) is 6.44. The first-order valence-corrected chi connectivity index (χ1v) is 10.8. The maximum atomic E-state index is 11.8. The number of hydrogen-bond donors (Lipinski definition) is 0. The zero-order valence-electron chi connectivity index (χ0n) is 15.8. The van der Waals surface area contributed by atoms with Crippen LogP contribution in [0.4, 0.5) is 0 Å². The van der Waals surface area contributed by atoms with Gasteiger partial charge in [-0.1, -0.05) is 36.4 Å². The van der Waals surface area contributed by atoms with Crippen LogP contribution >= 0.6 is 11.6 Å². The van der Waals surface area contributed by atoms with E-state index in [1.807, 2.05) is 48.5 Å². The van der Waals surface area contributed by atoms with E-state index in [1.165, 1.54) is 6.26 Å². The minimum absolute atomic E-state index is 0.250. The second kappa shape index (κ2) is 7.86. The van der Waals surface area contributed by atoms with Crippen molar-refractivity contribution in [3.05, 3.63) is 89.5 Å². The van der Waals surface area contributed by atoms with Crippen LogP contribution in [0.3, 0.4) is 0 Å². The van der Waals surface area contributed by atoms with Crippen molar-refractivity contribution in [2.75, 3.05) is 20.5 Å². The molecule has 0 fully saturated rings. The van der Waals surface area contributed by atoms with E-state index in [2.05, 4.69) is 0 Å². The maximum absolute atomic E-state index is 11.8. The normalized spacial score (nSPS) is 11.9. The minimum atomic E-state index is -3.29. The summed E-state index contributed by atoms with van der Waals surface area (Å²) in [4.78, 5) is -0.756.